The van der Waals surface area contributed by atoms with Gasteiger partial charge in [0.1, 0.15) is 5.65 Å². The van der Waals surface area contributed by atoms with Crippen LogP contribution in [-0.4, -0.2) is 23.6 Å². The van der Waals surface area contributed by atoms with Gasteiger partial charge in [0.2, 0.25) is 0 Å². The highest BCUT2D eigenvalue weighted by Gasteiger charge is 2.22. The molecule has 2 aromatic rings. The highest BCUT2D eigenvalue weighted by Crippen LogP contribution is 2.24. The molecule has 0 atom stereocenters. The first-order valence-electron chi connectivity index (χ1n) is 5.93. The van der Waals surface area contributed by atoms with E-state index in [9.17, 15) is 8.42 Å². The Morgan fingerprint density at radius 1 is 1.42 bits per heavy atom. The monoisotopic (exact) mass is 277 g/mol. The summed E-state index contributed by atoms with van der Waals surface area (Å²) in [6, 6.07) is 5.73. The lowest BCUT2D eigenvalue weighted by Crippen LogP contribution is -2.15. The number of hydrogen-bond donors (Lipinski definition) is 0. The van der Waals surface area contributed by atoms with Crippen LogP contribution in [0, 0.1) is 11.3 Å². The summed E-state index contributed by atoms with van der Waals surface area (Å²) in [6.45, 7) is 5.18. The molecule has 0 amide bonds. The average Bonchev–Trinajstić information content (AvgIpc) is 2.82. The minimum Gasteiger partial charge on any atom is -0.290 e. The molecule has 100 valence electrons. The second kappa shape index (κ2) is 4.35. The van der Waals surface area contributed by atoms with E-state index in [0.717, 1.165) is 5.56 Å². The highest BCUT2D eigenvalue weighted by molar-refractivity contribution is 7.91. The number of nitriles is 1. The Balaban J connectivity index is 2.73. The second-order valence-corrected chi connectivity index (χ2v) is 7.11. The fourth-order valence-corrected chi connectivity index (χ4v) is 2.73. The van der Waals surface area contributed by atoms with Crippen molar-refractivity contribution < 1.29 is 8.42 Å². The molecule has 0 saturated heterocycles. The van der Waals surface area contributed by atoms with E-state index < -0.39 is 15.3 Å². The summed E-state index contributed by atoms with van der Waals surface area (Å²) in [7, 11) is -3.33. The topological polar surface area (TPSA) is 75.2 Å². The van der Waals surface area contributed by atoms with Crippen LogP contribution in [0.2, 0.25) is 0 Å². The second-order valence-electron chi connectivity index (χ2n) is 4.88. The van der Waals surface area contributed by atoms with Crippen molar-refractivity contribution in [2.45, 2.75) is 31.2 Å². The van der Waals surface area contributed by atoms with Gasteiger partial charge in [-0.3, -0.25) is 4.40 Å². The van der Waals surface area contributed by atoms with E-state index in [1.54, 1.807) is 39.1 Å². The van der Waals surface area contributed by atoms with Gasteiger partial charge in [-0.15, -0.1) is 0 Å². The van der Waals surface area contributed by atoms with Crippen LogP contribution in [-0.2, 0) is 15.3 Å². The first kappa shape index (κ1) is 13.6. The van der Waals surface area contributed by atoms with E-state index >= 15 is 0 Å². The number of hydrogen-bond acceptors (Lipinski definition) is 4. The van der Waals surface area contributed by atoms with Crippen molar-refractivity contribution in [2.75, 3.05) is 5.75 Å². The van der Waals surface area contributed by atoms with E-state index in [0.29, 0.717) is 5.65 Å². The highest BCUT2D eigenvalue weighted by atomic mass is 32.2. The maximum absolute atomic E-state index is 12.0. The van der Waals surface area contributed by atoms with Crippen molar-refractivity contribution >= 4 is 15.5 Å². The largest absolute Gasteiger partial charge is 0.290 e. The van der Waals surface area contributed by atoms with Gasteiger partial charge >= 0.3 is 0 Å². The van der Waals surface area contributed by atoms with E-state index in [1.165, 1.54) is 10.6 Å². The summed E-state index contributed by atoms with van der Waals surface area (Å²) in [5, 5.41) is 9.32. The molecule has 6 heteroatoms. The van der Waals surface area contributed by atoms with Crippen LogP contribution in [0.1, 0.15) is 26.3 Å². The third kappa shape index (κ3) is 2.22. The summed E-state index contributed by atoms with van der Waals surface area (Å²) in [5.74, 6) is 0.0205. The standard InChI is InChI=1S/C13H15N3O2S/c1-4-19(17,18)12-7-15-11-6-5-10(8-16(11)12)13(2,3)9-14/h5-8H,4H2,1-3H3. The molecule has 0 bridgehead atoms. The zero-order chi connectivity index (χ0) is 14.3. The minimum atomic E-state index is -3.33. The number of aromatic nitrogens is 2. The van der Waals surface area contributed by atoms with Gasteiger partial charge in [0.05, 0.1) is 23.4 Å². The molecule has 19 heavy (non-hydrogen) atoms. The van der Waals surface area contributed by atoms with Crippen LogP contribution in [0.15, 0.2) is 29.6 Å². The maximum atomic E-state index is 12.0. The van der Waals surface area contributed by atoms with Crippen molar-refractivity contribution in [1.29, 1.82) is 5.26 Å². The van der Waals surface area contributed by atoms with Crippen molar-refractivity contribution in [3.63, 3.8) is 0 Å². The van der Waals surface area contributed by atoms with Gasteiger partial charge in [0.25, 0.3) is 0 Å². The number of nitrogens with zero attached hydrogens (tertiary/aromatic N) is 3. The average molecular weight is 277 g/mol. The first-order valence-corrected chi connectivity index (χ1v) is 7.58. The van der Waals surface area contributed by atoms with Gasteiger partial charge in [-0.1, -0.05) is 13.0 Å². The molecular formula is C13H15N3O2S. The molecule has 0 N–H and O–H groups in total. The molecule has 2 heterocycles. The minimum absolute atomic E-state index is 0.0205. The van der Waals surface area contributed by atoms with Gasteiger partial charge in [0, 0.05) is 6.20 Å². The molecule has 0 unspecified atom stereocenters. The van der Waals surface area contributed by atoms with E-state index in [4.69, 9.17) is 5.26 Å². The zero-order valence-corrected chi connectivity index (χ0v) is 11.9. The molecule has 5 nitrogen and oxygen atoms in total. The molecule has 0 saturated carbocycles. The molecule has 0 aliphatic heterocycles. The molecule has 0 radical (unpaired) electrons. The van der Waals surface area contributed by atoms with Crippen LogP contribution in [0.3, 0.4) is 0 Å². The maximum Gasteiger partial charge on any atom is 0.195 e. The predicted molar refractivity (Wildman–Crippen MR) is 71.6 cm³/mol. The summed E-state index contributed by atoms with van der Waals surface area (Å²) in [6.07, 6.45) is 3.03. The van der Waals surface area contributed by atoms with Crippen molar-refractivity contribution in [3.05, 3.63) is 30.1 Å². The quantitative estimate of drug-likeness (QED) is 0.859. The molecule has 0 aliphatic rings. The molecule has 0 aromatic carbocycles. The predicted octanol–water partition coefficient (Wildman–Crippen LogP) is 1.93. The zero-order valence-electron chi connectivity index (χ0n) is 11.1. The van der Waals surface area contributed by atoms with Crippen molar-refractivity contribution in [3.8, 4) is 6.07 Å². The fourth-order valence-electron chi connectivity index (χ4n) is 1.77. The van der Waals surface area contributed by atoms with E-state index in [2.05, 4.69) is 11.1 Å². The molecule has 0 spiro atoms. The lowest BCUT2D eigenvalue weighted by molar-refractivity contribution is 0.592. The van der Waals surface area contributed by atoms with E-state index in [1.807, 2.05) is 0 Å². The fraction of sp³-hybridized carbons (Fsp3) is 0.385. The lowest BCUT2D eigenvalue weighted by Gasteiger charge is -2.16. The van der Waals surface area contributed by atoms with Gasteiger partial charge in [0.15, 0.2) is 14.9 Å². The molecule has 2 rings (SSSR count). The van der Waals surface area contributed by atoms with Gasteiger partial charge in [-0.2, -0.15) is 5.26 Å². The van der Waals surface area contributed by atoms with Crippen LogP contribution in [0.5, 0.6) is 0 Å². The third-order valence-corrected chi connectivity index (χ3v) is 4.87. The lowest BCUT2D eigenvalue weighted by atomic mass is 9.88. The van der Waals surface area contributed by atoms with Crippen LogP contribution >= 0.6 is 0 Å². The Morgan fingerprint density at radius 3 is 2.68 bits per heavy atom. The normalized spacial score (nSPS) is 12.5. The van der Waals surface area contributed by atoms with Gasteiger partial charge < -0.3 is 0 Å². The Bertz CT molecular complexity index is 767. The smallest absolute Gasteiger partial charge is 0.195 e. The van der Waals surface area contributed by atoms with Gasteiger partial charge in [-0.05, 0) is 25.5 Å². The first-order chi connectivity index (χ1) is 8.81. The Kier molecular flexibility index (Phi) is 3.11. The molecular weight excluding hydrogens is 262 g/mol. The Labute approximate surface area is 112 Å². The van der Waals surface area contributed by atoms with Gasteiger partial charge in [-0.25, -0.2) is 13.4 Å². The SMILES string of the molecule is CCS(=O)(=O)c1cnc2ccc(C(C)(C)C#N)cn12. The summed E-state index contributed by atoms with van der Waals surface area (Å²) < 4.78 is 25.5. The molecule has 0 fully saturated rings. The number of imidazole rings is 1. The van der Waals surface area contributed by atoms with Crippen LogP contribution in [0.4, 0.5) is 0 Å². The Hall–Kier alpha value is -1.87. The van der Waals surface area contributed by atoms with Crippen molar-refractivity contribution in [2.24, 2.45) is 0 Å². The van der Waals surface area contributed by atoms with Crippen molar-refractivity contribution in [1.82, 2.24) is 9.38 Å². The molecule has 0 aliphatic carbocycles. The summed E-state index contributed by atoms with van der Waals surface area (Å²) in [5.41, 5.74) is 0.642. The van der Waals surface area contributed by atoms with Crippen LogP contribution < -0.4 is 0 Å². The third-order valence-electron chi connectivity index (χ3n) is 3.17. The number of pyridine rings is 1. The number of sulfone groups is 1. The Morgan fingerprint density at radius 2 is 2.11 bits per heavy atom. The number of fused-ring (bicyclic) bond motifs is 1. The number of rotatable bonds is 3. The summed E-state index contributed by atoms with van der Waals surface area (Å²) >= 11 is 0. The van der Waals surface area contributed by atoms with E-state index in [-0.39, 0.29) is 10.8 Å². The van der Waals surface area contributed by atoms with Crippen LogP contribution in [0.25, 0.3) is 5.65 Å². The molecule has 2 aromatic heterocycles. The summed E-state index contributed by atoms with van der Waals surface area (Å²) in [4.78, 5) is 4.08.